The smallest absolute Gasteiger partial charge is 0.407 e. The van der Waals surface area contributed by atoms with E-state index in [-0.39, 0.29) is 42.7 Å². The zero-order valence-electron chi connectivity index (χ0n) is 19.5. The Bertz CT molecular complexity index is 1020. The van der Waals surface area contributed by atoms with E-state index in [2.05, 4.69) is 34.9 Å². The molecule has 7 nitrogen and oxygen atoms in total. The molecule has 2 aromatic rings. The highest BCUT2D eigenvalue weighted by Crippen LogP contribution is 2.45. The number of alkyl carbamates (subject to hydrolysis) is 1. The summed E-state index contributed by atoms with van der Waals surface area (Å²) in [7, 11) is 0. The average molecular weight is 465 g/mol. The van der Waals surface area contributed by atoms with Crippen LogP contribution in [0.15, 0.2) is 48.5 Å². The molecule has 0 aromatic heterocycles. The number of rotatable bonds is 10. The van der Waals surface area contributed by atoms with Crippen LogP contribution < -0.4 is 10.6 Å². The van der Waals surface area contributed by atoms with Crippen molar-refractivity contribution in [2.75, 3.05) is 13.2 Å². The highest BCUT2D eigenvalue weighted by atomic mass is 16.5. The molecular weight excluding hydrogens is 432 g/mol. The van der Waals surface area contributed by atoms with E-state index < -0.39 is 12.1 Å². The summed E-state index contributed by atoms with van der Waals surface area (Å²) in [5.41, 5.74) is 4.30. The summed E-state index contributed by atoms with van der Waals surface area (Å²) >= 11 is 0. The number of aliphatic carboxylic acids is 1. The molecule has 1 atom stereocenters. The summed E-state index contributed by atoms with van der Waals surface area (Å²) in [6.07, 6.45) is 2.86. The normalized spacial score (nSPS) is 16.5. The topological polar surface area (TPSA) is 105 Å². The number of carboxylic acid groups (broad SMARTS) is 1. The SMILES string of the molecule is CC[C@H](CC(=O)NCC1(CC(=O)O)CCC1)NC(=O)OCC1c2ccccc2-c2ccccc21. The number of carbonyl (C=O) groups is 3. The van der Waals surface area contributed by atoms with Crippen LogP contribution in [-0.4, -0.2) is 42.3 Å². The van der Waals surface area contributed by atoms with Crippen LogP contribution in [0.4, 0.5) is 4.79 Å². The predicted octanol–water partition coefficient (Wildman–Crippen LogP) is 4.46. The molecule has 0 radical (unpaired) electrons. The zero-order valence-corrected chi connectivity index (χ0v) is 19.5. The Hall–Kier alpha value is -3.35. The van der Waals surface area contributed by atoms with E-state index in [0.717, 1.165) is 30.4 Å². The fourth-order valence-electron chi connectivity index (χ4n) is 5.10. The lowest BCUT2D eigenvalue weighted by molar-refractivity contribution is -0.141. The van der Waals surface area contributed by atoms with Gasteiger partial charge < -0.3 is 20.5 Å². The van der Waals surface area contributed by atoms with Crippen LogP contribution in [0.5, 0.6) is 0 Å². The molecule has 2 aromatic carbocycles. The Morgan fingerprint density at radius 1 is 1.06 bits per heavy atom. The van der Waals surface area contributed by atoms with E-state index in [1.807, 2.05) is 31.2 Å². The first-order chi connectivity index (χ1) is 16.4. The summed E-state index contributed by atoms with van der Waals surface area (Å²) in [6.45, 7) is 2.49. The van der Waals surface area contributed by atoms with Gasteiger partial charge in [-0.15, -0.1) is 0 Å². The molecule has 2 aliphatic carbocycles. The van der Waals surface area contributed by atoms with Gasteiger partial charge in [-0.1, -0.05) is 61.9 Å². The maximum absolute atomic E-state index is 12.5. The third-order valence-corrected chi connectivity index (χ3v) is 7.19. The number of hydrogen-bond donors (Lipinski definition) is 3. The van der Waals surface area contributed by atoms with Crippen molar-refractivity contribution in [3.8, 4) is 11.1 Å². The number of amides is 2. The van der Waals surface area contributed by atoms with Gasteiger partial charge in [-0.3, -0.25) is 9.59 Å². The highest BCUT2D eigenvalue weighted by molar-refractivity contribution is 5.79. The Labute approximate surface area is 199 Å². The van der Waals surface area contributed by atoms with Gasteiger partial charge >= 0.3 is 12.1 Å². The van der Waals surface area contributed by atoms with Crippen LogP contribution in [0.1, 0.15) is 62.5 Å². The quantitative estimate of drug-likeness (QED) is 0.482. The molecule has 0 unspecified atom stereocenters. The van der Waals surface area contributed by atoms with E-state index in [1.54, 1.807) is 0 Å². The van der Waals surface area contributed by atoms with Crippen LogP contribution in [0, 0.1) is 5.41 Å². The van der Waals surface area contributed by atoms with Crippen molar-refractivity contribution < 1.29 is 24.2 Å². The Balaban J connectivity index is 1.28. The van der Waals surface area contributed by atoms with Gasteiger partial charge in [0.25, 0.3) is 0 Å². The second-order valence-electron chi connectivity index (χ2n) is 9.48. The van der Waals surface area contributed by atoms with Gasteiger partial charge in [-0.2, -0.15) is 0 Å². The molecule has 0 aliphatic heterocycles. The molecule has 4 rings (SSSR count). The third-order valence-electron chi connectivity index (χ3n) is 7.19. The van der Waals surface area contributed by atoms with Crippen molar-refractivity contribution in [2.45, 2.75) is 57.4 Å². The molecule has 0 spiro atoms. The molecule has 2 aliphatic rings. The first-order valence-corrected chi connectivity index (χ1v) is 12.0. The zero-order chi connectivity index (χ0) is 24.1. The fourth-order valence-corrected chi connectivity index (χ4v) is 5.10. The molecule has 7 heteroatoms. The van der Waals surface area contributed by atoms with Crippen molar-refractivity contribution in [2.24, 2.45) is 5.41 Å². The van der Waals surface area contributed by atoms with E-state index in [1.165, 1.54) is 11.1 Å². The summed E-state index contributed by atoms with van der Waals surface area (Å²) in [4.78, 5) is 36.1. The van der Waals surface area contributed by atoms with Gasteiger partial charge in [0.15, 0.2) is 0 Å². The minimum atomic E-state index is -0.836. The molecule has 3 N–H and O–H groups in total. The van der Waals surface area contributed by atoms with E-state index in [0.29, 0.717) is 13.0 Å². The van der Waals surface area contributed by atoms with Crippen LogP contribution in [0.2, 0.25) is 0 Å². The number of nitrogens with one attached hydrogen (secondary N) is 2. The molecule has 34 heavy (non-hydrogen) atoms. The van der Waals surface area contributed by atoms with Crippen LogP contribution in [0.3, 0.4) is 0 Å². The lowest BCUT2D eigenvalue weighted by Crippen LogP contribution is -2.45. The summed E-state index contributed by atoms with van der Waals surface area (Å²) in [5.74, 6) is -1.05. The minimum Gasteiger partial charge on any atom is -0.481 e. The second-order valence-corrected chi connectivity index (χ2v) is 9.48. The van der Waals surface area contributed by atoms with Crippen molar-refractivity contribution in [3.63, 3.8) is 0 Å². The molecule has 2 amide bonds. The molecule has 0 saturated heterocycles. The standard InChI is InChI=1S/C27H32N2O5/c1-2-18(14-24(30)28-17-27(12-7-13-27)15-25(31)32)29-26(33)34-16-23-21-10-5-3-8-19(21)20-9-4-6-11-22(20)23/h3-6,8-11,18,23H,2,7,12-17H2,1H3,(H,28,30)(H,29,33)(H,31,32)/t18-/m1/s1. The molecule has 1 fully saturated rings. The fraction of sp³-hybridized carbons (Fsp3) is 0.444. The van der Waals surface area contributed by atoms with Gasteiger partial charge in [-0.05, 0) is 46.9 Å². The number of fused-ring (bicyclic) bond motifs is 3. The summed E-state index contributed by atoms with van der Waals surface area (Å²) < 4.78 is 5.59. The predicted molar refractivity (Wildman–Crippen MR) is 128 cm³/mol. The van der Waals surface area contributed by atoms with Gasteiger partial charge in [0.2, 0.25) is 5.91 Å². The first-order valence-electron chi connectivity index (χ1n) is 12.0. The second kappa shape index (κ2) is 10.3. The molecule has 0 heterocycles. The molecule has 1 saturated carbocycles. The number of ether oxygens (including phenoxy) is 1. The number of carbonyl (C=O) groups excluding carboxylic acids is 2. The van der Waals surface area contributed by atoms with Crippen molar-refractivity contribution in [3.05, 3.63) is 59.7 Å². The number of hydrogen-bond acceptors (Lipinski definition) is 4. The maximum Gasteiger partial charge on any atom is 0.407 e. The van der Waals surface area contributed by atoms with E-state index in [9.17, 15) is 14.4 Å². The third kappa shape index (κ3) is 5.24. The lowest BCUT2D eigenvalue weighted by Gasteiger charge is -2.40. The van der Waals surface area contributed by atoms with Crippen molar-refractivity contribution in [1.82, 2.24) is 10.6 Å². The maximum atomic E-state index is 12.5. The monoisotopic (exact) mass is 464 g/mol. The van der Waals surface area contributed by atoms with Gasteiger partial charge in [0, 0.05) is 24.9 Å². The number of benzene rings is 2. The molecule has 0 bridgehead atoms. The Morgan fingerprint density at radius 3 is 2.21 bits per heavy atom. The van der Waals surface area contributed by atoms with Gasteiger partial charge in [0.1, 0.15) is 6.61 Å². The summed E-state index contributed by atoms with van der Waals surface area (Å²) in [5, 5.41) is 14.8. The Morgan fingerprint density at radius 2 is 1.68 bits per heavy atom. The van der Waals surface area contributed by atoms with E-state index in [4.69, 9.17) is 9.84 Å². The number of carboxylic acids is 1. The van der Waals surface area contributed by atoms with Crippen molar-refractivity contribution in [1.29, 1.82) is 0 Å². The van der Waals surface area contributed by atoms with Crippen molar-refractivity contribution >= 4 is 18.0 Å². The average Bonchev–Trinajstić information content (AvgIpc) is 3.12. The largest absolute Gasteiger partial charge is 0.481 e. The molecular formula is C27H32N2O5. The Kier molecular flexibility index (Phi) is 7.20. The first kappa shape index (κ1) is 23.8. The van der Waals surface area contributed by atoms with Gasteiger partial charge in [0.05, 0.1) is 6.42 Å². The summed E-state index contributed by atoms with van der Waals surface area (Å²) in [6, 6.07) is 16.0. The van der Waals surface area contributed by atoms with E-state index >= 15 is 0 Å². The van der Waals surface area contributed by atoms with Crippen LogP contribution in [0.25, 0.3) is 11.1 Å². The minimum absolute atomic E-state index is 0.0190. The lowest BCUT2D eigenvalue weighted by atomic mass is 9.66. The highest BCUT2D eigenvalue weighted by Gasteiger charge is 2.39. The van der Waals surface area contributed by atoms with Gasteiger partial charge in [-0.25, -0.2) is 4.79 Å². The molecule has 180 valence electrons. The van der Waals surface area contributed by atoms with Crippen LogP contribution >= 0.6 is 0 Å². The van der Waals surface area contributed by atoms with Crippen LogP contribution in [-0.2, 0) is 14.3 Å².